The smallest absolute Gasteiger partial charge is 0.152 e. The number of fused-ring (bicyclic) bond motifs is 1. The van der Waals surface area contributed by atoms with Gasteiger partial charge in [-0.1, -0.05) is 12.1 Å². The van der Waals surface area contributed by atoms with Gasteiger partial charge < -0.3 is 0 Å². The summed E-state index contributed by atoms with van der Waals surface area (Å²) in [7, 11) is 0. The van der Waals surface area contributed by atoms with Crippen molar-refractivity contribution in [2.45, 2.75) is 4.90 Å². The molecule has 0 spiro atoms. The van der Waals surface area contributed by atoms with Crippen LogP contribution in [0.3, 0.4) is 0 Å². The van der Waals surface area contributed by atoms with Crippen molar-refractivity contribution >= 4 is 29.0 Å². The molecule has 1 aliphatic rings. The van der Waals surface area contributed by atoms with Crippen LogP contribution in [0.1, 0.15) is 16.8 Å². The Balaban J connectivity index is 2.08. The summed E-state index contributed by atoms with van der Waals surface area (Å²) >= 11 is 1.49. The fourth-order valence-electron chi connectivity index (χ4n) is 2.89. The zero-order valence-electron chi connectivity index (χ0n) is 13.7. The molecule has 4 nitrogen and oxygen atoms in total. The first-order chi connectivity index (χ1) is 12.7. The standard InChI is InChI=1S/C20H12FN3OS/c1-26-16-10-15(11-25)23-20-17(12-2-4-14(21)5-3-12)18(24-19(16)20)13-6-8-22-9-7-13/h2-10H,1H3. The maximum absolute atomic E-state index is 13.4. The van der Waals surface area contributed by atoms with Gasteiger partial charge in [-0.25, -0.2) is 19.2 Å². The van der Waals surface area contributed by atoms with E-state index < -0.39 is 0 Å². The van der Waals surface area contributed by atoms with Crippen molar-refractivity contribution in [1.29, 1.82) is 0 Å². The molecule has 2 aromatic heterocycles. The van der Waals surface area contributed by atoms with E-state index in [9.17, 15) is 9.18 Å². The lowest BCUT2D eigenvalue weighted by molar-refractivity contribution is 0.566. The van der Waals surface area contributed by atoms with E-state index in [1.165, 1.54) is 23.9 Å². The molecule has 0 amide bonds. The summed E-state index contributed by atoms with van der Waals surface area (Å²) < 4.78 is 13.4. The van der Waals surface area contributed by atoms with Crippen molar-refractivity contribution < 1.29 is 9.18 Å². The molecule has 1 aromatic carbocycles. The highest BCUT2D eigenvalue weighted by atomic mass is 32.2. The molecule has 0 fully saturated rings. The van der Waals surface area contributed by atoms with Crippen molar-refractivity contribution in [3.05, 3.63) is 88.2 Å². The highest BCUT2D eigenvalue weighted by Gasteiger charge is 2.24. The van der Waals surface area contributed by atoms with E-state index in [1.54, 1.807) is 30.6 Å². The number of nitrogens with zero attached hydrogens (tertiary/aromatic N) is 3. The Labute approximate surface area is 152 Å². The molecule has 3 aromatic rings. The van der Waals surface area contributed by atoms with E-state index in [-0.39, 0.29) is 11.2 Å². The van der Waals surface area contributed by atoms with Crippen LogP contribution in [-0.4, -0.2) is 22.2 Å². The highest BCUT2D eigenvalue weighted by Crippen LogP contribution is 2.34. The van der Waals surface area contributed by atoms with Crippen molar-refractivity contribution in [2.24, 2.45) is 4.99 Å². The number of hydrogen-bond donors (Lipinski definition) is 0. The van der Waals surface area contributed by atoms with Gasteiger partial charge in [0.2, 0.25) is 0 Å². The Morgan fingerprint density at radius 2 is 1.77 bits per heavy atom. The van der Waals surface area contributed by atoms with Gasteiger partial charge in [0.05, 0.1) is 5.70 Å². The van der Waals surface area contributed by atoms with E-state index in [0.29, 0.717) is 11.1 Å². The first kappa shape index (κ1) is 16.4. The molecule has 0 bridgehead atoms. The molecule has 0 N–H and O–H groups in total. The van der Waals surface area contributed by atoms with Crippen LogP contribution in [0.2, 0.25) is 0 Å². The fraction of sp³-hybridized carbons (Fsp3) is 0.0500. The quantitative estimate of drug-likeness (QED) is 0.672. The van der Waals surface area contributed by atoms with E-state index in [4.69, 9.17) is 4.99 Å². The second kappa shape index (κ2) is 6.67. The second-order valence-electron chi connectivity index (χ2n) is 5.59. The molecule has 0 unspecified atom stereocenters. The minimum atomic E-state index is -0.317. The predicted octanol–water partition coefficient (Wildman–Crippen LogP) is 2.39. The summed E-state index contributed by atoms with van der Waals surface area (Å²) in [4.78, 5) is 25.3. The van der Waals surface area contributed by atoms with Crippen LogP contribution in [0, 0.1) is 5.82 Å². The average molecular weight is 361 g/mol. The normalized spacial score (nSPS) is 12.5. The van der Waals surface area contributed by atoms with Crippen molar-refractivity contribution in [2.75, 3.05) is 6.26 Å². The van der Waals surface area contributed by atoms with E-state index in [1.807, 2.05) is 24.3 Å². The third kappa shape index (κ3) is 2.75. The van der Waals surface area contributed by atoms with E-state index in [0.717, 1.165) is 27.3 Å². The summed E-state index contributed by atoms with van der Waals surface area (Å²) in [5.74, 6) is 1.54. The number of aromatic nitrogens is 2. The molecule has 0 saturated carbocycles. The first-order valence-electron chi connectivity index (χ1n) is 7.81. The zero-order chi connectivity index (χ0) is 18.1. The number of benzene rings is 1. The minimum absolute atomic E-state index is 0.221. The number of thioether (sulfide) groups is 1. The summed E-state index contributed by atoms with van der Waals surface area (Å²) in [6.07, 6.45) is 5.30. The second-order valence-corrected chi connectivity index (χ2v) is 6.44. The molecule has 6 heteroatoms. The number of hydrogen-bond acceptors (Lipinski definition) is 5. The Bertz CT molecular complexity index is 1170. The van der Waals surface area contributed by atoms with Crippen molar-refractivity contribution in [3.8, 4) is 0 Å². The van der Waals surface area contributed by atoms with Crippen LogP contribution in [-0.2, 0) is 4.79 Å². The molecule has 1 aliphatic heterocycles. The SMILES string of the molecule is CSc1cc(=C=O)nc2c1=NC(c1ccncc1)=C2c1ccc(F)cc1. The maximum atomic E-state index is 13.4. The lowest BCUT2D eigenvalue weighted by Gasteiger charge is -2.08. The van der Waals surface area contributed by atoms with Gasteiger partial charge in [0.1, 0.15) is 22.2 Å². The van der Waals surface area contributed by atoms with Crippen LogP contribution >= 0.6 is 11.8 Å². The summed E-state index contributed by atoms with van der Waals surface area (Å²) in [6.45, 7) is 0. The van der Waals surface area contributed by atoms with Crippen LogP contribution in [0.5, 0.6) is 0 Å². The number of halogens is 1. The van der Waals surface area contributed by atoms with Crippen molar-refractivity contribution in [3.63, 3.8) is 0 Å². The van der Waals surface area contributed by atoms with Crippen LogP contribution in [0.25, 0.3) is 11.3 Å². The number of rotatable bonds is 3. The molecule has 3 heterocycles. The highest BCUT2D eigenvalue weighted by molar-refractivity contribution is 7.98. The Morgan fingerprint density at radius 1 is 1.04 bits per heavy atom. The number of pyridine rings is 2. The molecule has 0 radical (unpaired) electrons. The Morgan fingerprint density at radius 3 is 2.42 bits per heavy atom. The lowest BCUT2D eigenvalue weighted by atomic mass is 9.98. The van der Waals surface area contributed by atoms with Gasteiger partial charge in [0.25, 0.3) is 0 Å². The first-order valence-corrected chi connectivity index (χ1v) is 9.03. The topological polar surface area (TPSA) is 55.2 Å². The Hall–Kier alpha value is -3.08. The third-order valence-corrected chi connectivity index (χ3v) is 4.82. The van der Waals surface area contributed by atoms with Gasteiger partial charge >= 0.3 is 0 Å². The number of carbonyl (C=O) groups excluding carboxylic acids is 1. The molecule has 26 heavy (non-hydrogen) atoms. The lowest BCUT2D eigenvalue weighted by Crippen LogP contribution is -2.21. The summed E-state index contributed by atoms with van der Waals surface area (Å²) in [5.41, 5.74) is 3.75. The minimum Gasteiger partial charge on any atom is -0.265 e. The van der Waals surface area contributed by atoms with Gasteiger partial charge in [-0.15, -0.1) is 11.8 Å². The molecule has 0 saturated heterocycles. The molecule has 126 valence electrons. The van der Waals surface area contributed by atoms with Gasteiger partial charge in [-0.3, -0.25) is 4.98 Å². The fourth-order valence-corrected chi connectivity index (χ4v) is 3.46. The maximum Gasteiger partial charge on any atom is 0.152 e. The monoisotopic (exact) mass is 361 g/mol. The van der Waals surface area contributed by atoms with Crippen LogP contribution in [0.4, 0.5) is 4.39 Å². The summed E-state index contributed by atoms with van der Waals surface area (Å²) in [5, 5.41) is 0.932. The summed E-state index contributed by atoms with van der Waals surface area (Å²) in [6, 6.07) is 11.6. The van der Waals surface area contributed by atoms with E-state index in [2.05, 4.69) is 9.97 Å². The predicted molar refractivity (Wildman–Crippen MR) is 98.1 cm³/mol. The molecule has 0 atom stereocenters. The third-order valence-electron chi connectivity index (χ3n) is 4.07. The zero-order valence-corrected chi connectivity index (χ0v) is 14.5. The van der Waals surface area contributed by atoms with E-state index >= 15 is 0 Å². The van der Waals surface area contributed by atoms with Crippen molar-refractivity contribution in [1.82, 2.24) is 9.97 Å². The molecular weight excluding hydrogens is 349 g/mol. The molecule has 4 rings (SSSR count). The van der Waals surface area contributed by atoms with Crippen LogP contribution < -0.4 is 10.7 Å². The molecular formula is C20H12FN3OS. The van der Waals surface area contributed by atoms with Crippen LogP contribution in [0.15, 0.2) is 64.7 Å². The molecule has 0 aliphatic carbocycles. The van der Waals surface area contributed by atoms with Gasteiger partial charge in [-0.05, 0) is 42.2 Å². The van der Waals surface area contributed by atoms with Gasteiger partial charge in [0, 0.05) is 28.4 Å². The average Bonchev–Trinajstić information content (AvgIpc) is 3.08. The van der Waals surface area contributed by atoms with Gasteiger partial charge in [-0.2, -0.15) is 0 Å². The largest absolute Gasteiger partial charge is 0.265 e. The van der Waals surface area contributed by atoms with Gasteiger partial charge in [0.15, 0.2) is 5.94 Å². The Kier molecular flexibility index (Phi) is 4.21.